The lowest BCUT2D eigenvalue weighted by atomic mass is 9.77. The summed E-state index contributed by atoms with van der Waals surface area (Å²) < 4.78 is 4.69. The highest BCUT2D eigenvalue weighted by atomic mass is 32.2. The molecule has 3 amide bonds. The van der Waals surface area contributed by atoms with E-state index in [0.29, 0.717) is 26.1 Å². The lowest BCUT2D eigenvalue weighted by molar-refractivity contribution is -0.149. The number of ether oxygens (including phenoxy) is 1. The number of amides is 3. The molecular weight excluding hydrogens is 586 g/mol. The molecule has 6 atom stereocenters. The first kappa shape index (κ1) is 33.6. The minimum atomic E-state index is -0.928. The molecule has 2 fully saturated rings. The summed E-state index contributed by atoms with van der Waals surface area (Å²) in [6, 6.07) is 6.15. The summed E-state index contributed by atoms with van der Waals surface area (Å²) in [6.07, 6.45) is 9.52. The Morgan fingerprint density at radius 3 is 2.29 bits per heavy atom. The number of hydrogen-bond acceptors (Lipinski definition) is 6. The van der Waals surface area contributed by atoms with Gasteiger partial charge < -0.3 is 24.5 Å². The van der Waals surface area contributed by atoms with Gasteiger partial charge in [0.15, 0.2) is 0 Å². The number of benzene rings is 1. The fourth-order valence-electron chi connectivity index (χ4n) is 8.35. The summed E-state index contributed by atoms with van der Waals surface area (Å²) in [4.78, 5) is 49.7. The van der Waals surface area contributed by atoms with Gasteiger partial charge in [0.05, 0.1) is 35.8 Å². The number of aliphatic hydroxyl groups excluding tert-OH is 1. The van der Waals surface area contributed by atoms with Crippen molar-refractivity contribution in [3.8, 4) is 5.75 Å². The van der Waals surface area contributed by atoms with Crippen molar-refractivity contribution in [2.75, 3.05) is 31.2 Å². The van der Waals surface area contributed by atoms with Crippen molar-refractivity contribution in [1.29, 1.82) is 0 Å². The molecular formula is C36H51N3O5S. The fraction of sp³-hybridized carbons (Fsp3) is 0.639. The Hall–Kier alpha value is -2.78. The van der Waals surface area contributed by atoms with Gasteiger partial charge in [-0.2, -0.15) is 0 Å². The molecule has 0 aliphatic carbocycles. The van der Waals surface area contributed by atoms with Crippen LogP contribution in [0.25, 0.3) is 0 Å². The van der Waals surface area contributed by atoms with Crippen LogP contribution in [0.1, 0.15) is 68.2 Å². The van der Waals surface area contributed by atoms with Crippen LogP contribution >= 0.6 is 11.8 Å². The lowest BCUT2D eigenvalue weighted by Gasteiger charge is -2.45. The molecule has 5 rings (SSSR count). The molecule has 2 saturated heterocycles. The molecule has 9 heteroatoms. The third-order valence-corrected chi connectivity index (χ3v) is 11.3. The summed E-state index contributed by atoms with van der Waals surface area (Å²) in [5, 5.41) is 10.4. The first-order valence-corrected chi connectivity index (χ1v) is 17.3. The summed E-state index contributed by atoms with van der Waals surface area (Å²) in [6.45, 7) is 17.9. The van der Waals surface area contributed by atoms with Gasteiger partial charge in [-0.15, -0.1) is 11.8 Å². The maximum Gasteiger partial charge on any atom is 0.247 e. The van der Waals surface area contributed by atoms with Gasteiger partial charge in [0.25, 0.3) is 0 Å². The number of aliphatic hydroxyl groups is 1. The molecule has 4 heterocycles. The molecule has 1 N–H and O–H groups in total. The van der Waals surface area contributed by atoms with Crippen LogP contribution in [0.2, 0.25) is 0 Å². The summed E-state index contributed by atoms with van der Waals surface area (Å²) >= 11 is 1.58. The highest BCUT2D eigenvalue weighted by molar-refractivity contribution is 8.02. The number of nitrogens with zero attached hydrogens (tertiary/aromatic N) is 3. The van der Waals surface area contributed by atoms with Gasteiger partial charge in [-0.05, 0) is 69.2 Å². The van der Waals surface area contributed by atoms with Gasteiger partial charge in [-0.25, -0.2) is 0 Å². The standard InChI is InChI=1S/C36H51N3O5S/c1-9-44-26-15-13-24(14-16-26)37-18-10-12-27-28(31(37)41)29-32(42)39(25(21-40)20-23(2)3)30-33(43)38(19-11-17-36(29,30)45-27)35(7,8)22-34(4,5)6/h10-17,23,25,27-30,40H,9,18-22H2,1-8H3/t25-,27-,28+,29+,30?,36+/m1/s1. The molecule has 4 aliphatic rings. The number of anilines is 1. The Kier molecular flexibility index (Phi) is 9.28. The van der Waals surface area contributed by atoms with E-state index in [1.165, 1.54) is 0 Å². The molecule has 0 radical (unpaired) electrons. The van der Waals surface area contributed by atoms with E-state index in [0.717, 1.165) is 17.9 Å². The van der Waals surface area contributed by atoms with E-state index in [9.17, 15) is 19.5 Å². The molecule has 8 nitrogen and oxygen atoms in total. The molecule has 1 aromatic carbocycles. The van der Waals surface area contributed by atoms with E-state index in [-0.39, 0.29) is 40.9 Å². The number of hydrogen-bond donors (Lipinski definition) is 1. The average Bonchev–Trinajstić information content (AvgIpc) is 3.26. The largest absolute Gasteiger partial charge is 0.494 e. The molecule has 1 spiro atoms. The molecule has 1 unspecified atom stereocenters. The smallest absolute Gasteiger partial charge is 0.247 e. The van der Waals surface area contributed by atoms with Gasteiger partial charge in [0.2, 0.25) is 17.7 Å². The van der Waals surface area contributed by atoms with Crippen LogP contribution in [0.3, 0.4) is 0 Å². The van der Waals surface area contributed by atoms with Crippen molar-refractivity contribution in [3.63, 3.8) is 0 Å². The summed E-state index contributed by atoms with van der Waals surface area (Å²) in [5.74, 6) is -0.862. The van der Waals surface area contributed by atoms with Gasteiger partial charge in [0, 0.05) is 29.6 Å². The zero-order valence-corrected chi connectivity index (χ0v) is 29.0. The molecule has 1 aromatic rings. The van der Waals surface area contributed by atoms with Gasteiger partial charge in [-0.3, -0.25) is 14.4 Å². The van der Waals surface area contributed by atoms with Crippen molar-refractivity contribution in [2.24, 2.45) is 23.2 Å². The zero-order valence-electron chi connectivity index (χ0n) is 28.2. The van der Waals surface area contributed by atoms with Gasteiger partial charge in [0.1, 0.15) is 11.8 Å². The topological polar surface area (TPSA) is 90.4 Å². The van der Waals surface area contributed by atoms with E-state index in [2.05, 4.69) is 60.6 Å². The minimum Gasteiger partial charge on any atom is -0.494 e. The number of thioether (sulfide) groups is 1. The van der Waals surface area contributed by atoms with Gasteiger partial charge in [-0.1, -0.05) is 58.9 Å². The normalized spacial score (nSPS) is 29.1. The van der Waals surface area contributed by atoms with Gasteiger partial charge >= 0.3 is 0 Å². The zero-order chi connectivity index (χ0) is 32.9. The Balaban J connectivity index is 1.59. The van der Waals surface area contributed by atoms with Crippen LogP contribution in [-0.4, -0.2) is 86.6 Å². The lowest BCUT2D eigenvalue weighted by Crippen LogP contribution is -2.60. The van der Waals surface area contributed by atoms with Crippen LogP contribution in [-0.2, 0) is 14.4 Å². The average molecular weight is 638 g/mol. The summed E-state index contributed by atoms with van der Waals surface area (Å²) in [5.41, 5.74) is 0.250. The van der Waals surface area contributed by atoms with Crippen molar-refractivity contribution in [2.45, 2.75) is 95.9 Å². The molecule has 45 heavy (non-hydrogen) atoms. The number of fused-ring (bicyclic) bond motifs is 2. The second-order valence-corrected chi connectivity index (χ2v) is 16.7. The third kappa shape index (κ3) is 6.07. The van der Waals surface area contributed by atoms with Crippen LogP contribution in [0.4, 0.5) is 5.69 Å². The van der Waals surface area contributed by atoms with Crippen LogP contribution in [0.5, 0.6) is 5.75 Å². The number of rotatable bonds is 9. The van der Waals surface area contributed by atoms with Crippen LogP contribution < -0.4 is 9.64 Å². The van der Waals surface area contributed by atoms with Crippen molar-refractivity contribution < 1.29 is 24.2 Å². The van der Waals surface area contributed by atoms with Crippen molar-refractivity contribution in [1.82, 2.24) is 9.80 Å². The molecule has 246 valence electrons. The number of carbonyl (C=O) groups excluding carboxylic acids is 3. The maximum absolute atomic E-state index is 15.0. The second kappa shape index (κ2) is 12.4. The van der Waals surface area contributed by atoms with Crippen molar-refractivity contribution in [3.05, 3.63) is 48.6 Å². The Bertz CT molecular complexity index is 1350. The quantitative estimate of drug-likeness (QED) is 0.370. The highest BCUT2D eigenvalue weighted by Crippen LogP contribution is 2.62. The van der Waals surface area contributed by atoms with Crippen LogP contribution in [0, 0.1) is 23.2 Å². The maximum atomic E-state index is 15.0. The van der Waals surface area contributed by atoms with E-state index >= 15 is 0 Å². The number of likely N-dealkylation sites (tertiary alicyclic amines) is 1. The third-order valence-electron chi connectivity index (χ3n) is 9.60. The Labute approximate surface area is 273 Å². The molecule has 4 aliphatic heterocycles. The molecule has 0 saturated carbocycles. The molecule has 0 bridgehead atoms. The Morgan fingerprint density at radius 1 is 1.00 bits per heavy atom. The monoisotopic (exact) mass is 637 g/mol. The Morgan fingerprint density at radius 2 is 1.69 bits per heavy atom. The second-order valence-electron chi connectivity index (χ2n) is 15.3. The predicted molar refractivity (Wildman–Crippen MR) is 180 cm³/mol. The van der Waals surface area contributed by atoms with Crippen LogP contribution in [0.15, 0.2) is 48.6 Å². The van der Waals surface area contributed by atoms with E-state index in [1.807, 2.05) is 48.2 Å². The highest BCUT2D eigenvalue weighted by Gasteiger charge is 2.72. The summed E-state index contributed by atoms with van der Waals surface area (Å²) in [7, 11) is 0. The SMILES string of the molecule is CCOc1ccc(N2CC=C[C@H]3S[C@]45C=CCN(C(C)(C)CC(C)(C)C)C(=O)C4N([C@@H](CO)CC(C)C)C(=O)[C@@H]5[C@H]3C2=O)cc1. The fourth-order valence-corrected chi connectivity index (χ4v) is 10.3. The van der Waals surface area contributed by atoms with Crippen molar-refractivity contribution >= 4 is 35.2 Å². The van der Waals surface area contributed by atoms with E-state index in [1.54, 1.807) is 21.6 Å². The minimum absolute atomic E-state index is 0.0205. The van der Waals surface area contributed by atoms with E-state index < -0.39 is 34.2 Å². The first-order chi connectivity index (χ1) is 21.1. The molecule has 0 aromatic heterocycles. The first-order valence-electron chi connectivity index (χ1n) is 16.5. The van der Waals surface area contributed by atoms with E-state index in [4.69, 9.17) is 4.74 Å². The number of carbonyl (C=O) groups is 3. The predicted octanol–water partition coefficient (Wildman–Crippen LogP) is 5.31.